The lowest BCUT2D eigenvalue weighted by atomic mass is 9.88. The zero-order valence-electron chi connectivity index (χ0n) is 13.2. The summed E-state index contributed by atoms with van der Waals surface area (Å²) >= 11 is 0. The molecule has 0 amide bonds. The molecule has 2 aliphatic heterocycles. The Labute approximate surface area is 125 Å². The largest absolute Gasteiger partial charge is 0.468 e. The first-order chi connectivity index (χ1) is 9.75. The molecule has 0 saturated carbocycles. The Morgan fingerprint density at radius 3 is 2.57 bits per heavy atom. The van der Waals surface area contributed by atoms with Crippen molar-refractivity contribution in [3.63, 3.8) is 0 Å². The molecule has 2 aliphatic rings. The summed E-state index contributed by atoms with van der Waals surface area (Å²) in [6.07, 6.45) is 1.89. The lowest BCUT2D eigenvalue weighted by molar-refractivity contribution is -0.161. The third kappa shape index (κ3) is 2.79. The molecule has 0 aromatic heterocycles. The van der Waals surface area contributed by atoms with E-state index in [1.165, 1.54) is 7.11 Å². The van der Waals surface area contributed by atoms with E-state index in [2.05, 4.69) is 0 Å². The Hall–Kier alpha value is -1.14. The highest BCUT2D eigenvalue weighted by molar-refractivity contribution is 5.85. The van der Waals surface area contributed by atoms with Gasteiger partial charge in [0.1, 0.15) is 11.1 Å². The Morgan fingerprint density at radius 1 is 1.38 bits per heavy atom. The van der Waals surface area contributed by atoms with Gasteiger partial charge in [-0.15, -0.1) is 0 Å². The van der Waals surface area contributed by atoms with E-state index in [0.29, 0.717) is 19.4 Å². The smallest absolute Gasteiger partial charge is 0.326 e. The van der Waals surface area contributed by atoms with Crippen LogP contribution in [0.3, 0.4) is 0 Å². The number of ether oxygens (including phenoxy) is 2. The van der Waals surface area contributed by atoms with Gasteiger partial charge in [0, 0.05) is 6.04 Å². The Kier molecular flexibility index (Phi) is 4.31. The summed E-state index contributed by atoms with van der Waals surface area (Å²) in [5.41, 5.74) is -1.35. The van der Waals surface area contributed by atoms with Gasteiger partial charge in [-0.1, -0.05) is 0 Å². The quantitative estimate of drug-likeness (QED) is 0.774. The van der Waals surface area contributed by atoms with Crippen LogP contribution in [0.1, 0.15) is 40.0 Å². The zero-order chi connectivity index (χ0) is 15.8. The molecule has 3 atom stereocenters. The molecule has 0 aromatic rings. The number of aliphatic hydroxyl groups is 1. The fraction of sp³-hybridized carbons (Fsp3) is 0.867. The number of carbonyl (C=O) groups excluding carboxylic acids is 2. The molecule has 1 N–H and O–H groups in total. The number of rotatable bonds is 3. The summed E-state index contributed by atoms with van der Waals surface area (Å²) in [6.45, 7) is 5.96. The van der Waals surface area contributed by atoms with Crippen LogP contribution in [0.15, 0.2) is 0 Å². The number of fused-ring (bicyclic) bond motifs is 1. The topological polar surface area (TPSA) is 76.1 Å². The molecule has 6 nitrogen and oxygen atoms in total. The van der Waals surface area contributed by atoms with Crippen LogP contribution < -0.4 is 0 Å². The maximum atomic E-state index is 12.4. The number of aliphatic hydroxyl groups excluding tert-OH is 1. The molecule has 0 aliphatic carbocycles. The first kappa shape index (κ1) is 16.2. The highest BCUT2D eigenvalue weighted by Crippen LogP contribution is 2.46. The monoisotopic (exact) mass is 299 g/mol. The van der Waals surface area contributed by atoms with Crippen molar-refractivity contribution in [2.75, 3.05) is 20.3 Å². The maximum absolute atomic E-state index is 12.4. The van der Waals surface area contributed by atoms with Crippen molar-refractivity contribution in [2.45, 2.75) is 57.2 Å². The highest BCUT2D eigenvalue weighted by atomic mass is 16.6. The number of nitrogens with zero attached hydrogens (tertiary/aromatic N) is 1. The van der Waals surface area contributed by atoms with Gasteiger partial charge in [-0.3, -0.25) is 14.5 Å². The molecule has 120 valence electrons. The second-order valence-electron chi connectivity index (χ2n) is 6.91. The van der Waals surface area contributed by atoms with Crippen LogP contribution in [0.2, 0.25) is 0 Å². The van der Waals surface area contributed by atoms with Gasteiger partial charge in [-0.2, -0.15) is 0 Å². The van der Waals surface area contributed by atoms with Gasteiger partial charge in [0.2, 0.25) is 0 Å². The predicted octanol–water partition coefficient (Wildman–Crippen LogP) is 0.716. The summed E-state index contributed by atoms with van der Waals surface area (Å²) in [6, 6.07) is -0.374. The summed E-state index contributed by atoms with van der Waals surface area (Å²) in [5.74, 6) is -1.16. The fourth-order valence-corrected chi connectivity index (χ4v) is 3.66. The van der Waals surface area contributed by atoms with E-state index in [4.69, 9.17) is 9.47 Å². The molecule has 2 fully saturated rings. The molecular formula is C15H25NO5. The molecular weight excluding hydrogens is 274 g/mol. The second-order valence-corrected chi connectivity index (χ2v) is 6.91. The first-order valence-electron chi connectivity index (χ1n) is 7.44. The highest BCUT2D eigenvalue weighted by Gasteiger charge is 2.61. The molecule has 6 heteroatoms. The number of esters is 2. The average molecular weight is 299 g/mol. The zero-order valence-corrected chi connectivity index (χ0v) is 13.2. The minimum absolute atomic E-state index is 0.164. The molecule has 2 saturated heterocycles. The van der Waals surface area contributed by atoms with E-state index in [9.17, 15) is 14.7 Å². The third-order valence-electron chi connectivity index (χ3n) is 4.42. The molecule has 2 heterocycles. The molecule has 0 spiro atoms. The molecule has 0 unspecified atom stereocenters. The van der Waals surface area contributed by atoms with E-state index in [-0.39, 0.29) is 24.6 Å². The van der Waals surface area contributed by atoms with Crippen molar-refractivity contribution in [3.8, 4) is 0 Å². The van der Waals surface area contributed by atoms with Gasteiger partial charge in [0.15, 0.2) is 0 Å². The minimum atomic E-state index is -0.774. The fourth-order valence-electron chi connectivity index (χ4n) is 3.66. The van der Waals surface area contributed by atoms with Crippen molar-refractivity contribution in [1.82, 2.24) is 4.90 Å². The molecule has 21 heavy (non-hydrogen) atoms. The van der Waals surface area contributed by atoms with Crippen LogP contribution >= 0.6 is 0 Å². The normalized spacial score (nSPS) is 32.8. The molecule has 0 aromatic carbocycles. The van der Waals surface area contributed by atoms with Gasteiger partial charge in [0.25, 0.3) is 0 Å². The van der Waals surface area contributed by atoms with Crippen LogP contribution in [0.5, 0.6) is 0 Å². The predicted molar refractivity (Wildman–Crippen MR) is 75.5 cm³/mol. The van der Waals surface area contributed by atoms with E-state index in [1.54, 1.807) is 0 Å². The summed E-state index contributed by atoms with van der Waals surface area (Å²) in [5, 5.41) is 9.70. The van der Waals surface area contributed by atoms with Crippen molar-refractivity contribution in [2.24, 2.45) is 5.92 Å². The van der Waals surface area contributed by atoms with Gasteiger partial charge in [0.05, 0.1) is 19.6 Å². The van der Waals surface area contributed by atoms with Crippen LogP contribution in [-0.2, 0) is 19.1 Å². The van der Waals surface area contributed by atoms with Crippen molar-refractivity contribution < 1.29 is 24.2 Å². The van der Waals surface area contributed by atoms with E-state index < -0.39 is 17.1 Å². The van der Waals surface area contributed by atoms with Crippen LogP contribution in [0, 0.1) is 5.92 Å². The third-order valence-corrected chi connectivity index (χ3v) is 4.42. The molecule has 0 radical (unpaired) electrons. The summed E-state index contributed by atoms with van der Waals surface area (Å²) in [4.78, 5) is 26.6. The number of methoxy groups -OCH3 is 1. The van der Waals surface area contributed by atoms with Gasteiger partial charge in [-0.25, -0.2) is 0 Å². The minimum Gasteiger partial charge on any atom is -0.468 e. The molecule has 2 rings (SSSR count). The van der Waals surface area contributed by atoms with Crippen molar-refractivity contribution >= 4 is 11.9 Å². The van der Waals surface area contributed by atoms with E-state index in [0.717, 1.165) is 6.42 Å². The molecule has 0 bridgehead atoms. The second kappa shape index (κ2) is 5.57. The van der Waals surface area contributed by atoms with Gasteiger partial charge >= 0.3 is 11.9 Å². The number of hydrogen-bond acceptors (Lipinski definition) is 6. The van der Waals surface area contributed by atoms with Crippen molar-refractivity contribution in [1.29, 1.82) is 0 Å². The maximum Gasteiger partial charge on any atom is 0.326 e. The number of hydrogen-bond donors (Lipinski definition) is 1. The van der Waals surface area contributed by atoms with E-state index >= 15 is 0 Å². The summed E-state index contributed by atoms with van der Waals surface area (Å²) in [7, 11) is 1.36. The first-order valence-corrected chi connectivity index (χ1v) is 7.44. The lowest BCUT2D eigenvalue weighted by Gasteiger charge is -2.31. The number of carbonyl (C=O) groups is 2. The van der Waals surface area contributed by atoms with Gasteiger partial charge in [-0.05, 0) is 46.6 Å². The Morgan fingerprint density at radius 2 is 2.05 bits per heavy atom. The van der Waals surface area contributed by atoms with Crippen LogP contribution in [0.25, 0.3) is 0 Å². The summed E-state index contributed by atoms with van der Waals surface area (Å²) < 4.78 is 10.4. The Balaban J connectivity index is 2.25. The standard InChI is InChI=1S/C15H25NO5/c1-14(2,3)21-12(18)10-8-15(13(19)20-4)6-5-7-16(15)11(10)9-17/h10-11,17H,5-9H2,1-4H3/t10-,11-,15+/m1/s1. The van der Waals surface area contributed by atoms with Crippen molar-refractivity contribution in [3.05, 3.63) is 0 Å². The average Bonchev–Trinajstić information content (AvgIpc) is 2.91. The Bertz CT molecular complexity index is 430. The van der Waals surface area contributed by atoms with Gasteiger partial charge < -0.3 is 14.6 Å². The van der Waals surface area contributed by atoms with Crippen LogP contribution in [0.4, 0.5) is 0 Å². The lowest BCUT2D eigenvalue weighted by Crippen LogP contribution is -2.50. The van der Waals surface area contributed by atoms with E-state index in [1.807, 2.05) is 25.7 Å². The van der Waals surface area contributed by atoms with Crippen LogP contribution in [-0.4, -0.2) is 59.4 Å². The SMILES string of the molecule is COC(=O)[C@@]12CCCN1[C@H](CO)[C@H](C(=O)OC(C)(C)C)C2.